The normalized spacial score (nSPS) is 14.0. The van der Waals surface area contributed by atoms with Crippen molar-refractivity contribution in [3.8, 4) is 11.5 Å². The number of carbonyl (C=O) groups excluding carboxylic acids is 1. The minimum absolute atomic E-state index is 0.137. The second-order valence-corrected chi connectivity index (χ2v) is 6.67. The van der Waals surface area contributed by atoms with Crippen LogP contribution >= 0.6 is 0 Å². The molecule has 0 aromatic heterocycles. The van der Waals surface area contributed by atoms with Crippen molar-refractivity contribution in [1.82, 2.24) is 4.90 Å². The van der Waals surface area contributed by atoms with Crippen LogP contribution in [0.25, 0.3) is 0 Å². The van der Waals surface area contributed by atoms with Crippen LogP contribution in [0.2, 0.25) is 0 Å². The van der Waals surface area contributed by atoms with Crippen molar-refractivity contribution in [3.05, 3.63) is 90.2 Å². The highest BCUT2D eigenvalue weighted by atomic mass is 19.1. The van der Waals surface area contributed by atoms with Gasteiger partial charge in [-0.25, -0.2) is 4.39 Å². The fourth-order valence-electron chi connectivity index (χ4n) is 3.32. The average Bonchev–Trinajstić information content (AvgIpc) is 2.75. The van der Waals surface area contributed by atoms with Gasteiger partial charge < -0.3 is 14.5 Å². The molecule has 1 aliphatic heterocycles. The van der Waals surface area contributed by atoms with Gasteiger partial charge in [0.25, 0.3) is 5.91 Å². The molecule has 142 valence electrons. The van der Waals surface area contributed by atoms with Gasteiger partial charge in [0.2, 0.25) is 0 Å². The molecule has 5 heteroatoms. The zero-order valence-electron chi connectivity index (χ0n) is 15.4. The van der Waals surface area contributed by atoms with Gasteiger partial charge >= 0.3 is 0 Å². The van der Waals surface area contributed by atoms with Gasteiger partial charge in [-0.15, -0.1) is 0 Å². The number of nitrogens with zero attached hydrogens (tertiary/aromatic N) is 2. The van der Waals surface area contributed by atoms with E-state index in [1.54, 1.807) is 17.0 Å². The standard InChI is InChI=1S/C23H21FN2O2/c24-22-9-5-4-8-21(22)23(27)26-16-14-25(15-17-26)18-10-12-20(13-11-18)28-19-6-2-1-3-7-19/h1-13H,14-17H2. The van der Waals surface area contributed by atoms with Crippen molar-refractivity contribution in [1.29, 1.82) is 0 Å². The topological polar surface area (TPSA) is 32.8 Å². The lowest BCUT2D eigenvalue weighted by Gasteiger charge is -2.36. The van der Waals surface area contributed by atoms with Gasteiger partial charge in [-0.1, -0.05) is 30.3 Å². The molecule has 1 amide bonds. The first-order chi connectivity index (χ1) is 13.7. The van der Waals surface area contributed by atoms with Crippen molar-refractivity contribution in [2.75, 3.05) is 31.1 Å². The number of halogens is 1. The van der Waals surface area contributed by atoms with Gasteiger partial charge in [0.1, 0.15) is 17.3 Å². The maximum Gasteiger partial charge on any atom is 0.256 e. The second-order valence-electron chi connectivity index (χ2n) is 6.67. The van der Waals surface area contributed by atoms with E-state index in [2.05, 4.69) is 4.90 Å². The fourth-order valence-corrected chi connectivity index (χ4v) is 3.32. The number of benzene rings is 3. The molecule has 0 unspecified atom stereocenters. The van der Waals surface area contributed by atoms with Crippen molar-refractivity contribution in [3.63, 3.8) is 0 Å². The number of hydrogen-bond donors (Lipinski definition) is 0. The van der Waals surface area contributed by atoms with Gasteiger partial charge in [-0.2, -0.15) is 0 Å². The maximum absolute atomic E-state index is 13.9. The van der Waals surface area contributed by atoms with Crippen LogP contribution < -0.4 is 9.64 Å². The van der Waals surface area contributed by atoms with Crippen LogP contribution in [0.4, 0.5) is 10.1 Å². The lowest BCUT2D eigenvalue weighted by Crippen LogP contribution is -2.49. The van der Waals surface area contributed by atoms with Crippen molar-refractivity contribution >= 4 is 11.6 Å². The molecule has 3 aromatic carbocycles. The molecule has 0 radical (unpaired) electrons. The molecule has 4 rings (SSSR count). The predicted octanol–water partition coefficient (Wildman–Crippen LogP) is 4.58. The summed E-state index contributed by atoms with van der Waals surface area (Å²) in [5.41, 5.74) is 1.22. The van der Waals surface area contributed by atoms with Crippen LogP contribution in [0.5, 0.6) is 11.5 Å². The highest BCUT2D eigenvalue weighted by molar-refractivity contribution is 5.94. The Hall–Kier alpha value is -3.34. The molecule has 1 fully saturated rings. The third-order valence-corrected chi connectivity index (χ3v) is 4.85. The molecule has 4 nitrogen and oxygen atoms in total. The summed E-state index contributed by atoms with van der Waals surface area (Å²) >= 11 is 0. The first kappa shape index (κ1) is 18.0. The Kier molecular flexibility index (Phi) is 5.24. The summed E-state index contributed by atoms with van der Waals surface area (Å²) in [5.74, 6) is 0.868. The van der Waals surface area contributed by atoms with Crippen molar-refractivity contribution < 1.29 is 13.9 Å². The van der Waals surface area contributed by atoms with E-state index in [0.29, 0.717) is 26.2 Å². The van der Waals surface area contributed by atoms with E-state index in [4.69, 9.17) is 4.74 Å². The summed E-state index contributed by atoms with van der Waals surface area (Å²) < 4.78 is 19.7. The Morgan fingerprint density at radius 3 is 2.04 bits per heavy atom. The smallest absolute Gasteiger partial charge is 0.256 e. The van der Waals surface area contributed by atoms with E-state index >= 15 is 0 Å². The summed E-state index contributed by atoms with van der Waals surface area (Å²) in [6.45, 7) is 2.54. The summed E-state index contributed by atoms with van der Waals surface area (Å²) in [6.07, 6.45) is 0. The molecule has 0 atom stereocenters. The molecular weight excluding hydrogens is 355 g/mol. The first-order valence-corrected chi connectivity index (χ1v) is 9.32. The number of anilines is 1. The van der Waals surface area contributed by atoms with Crippen molar-refractivity contribution in [2.24, 2.45) is 0 Å². The predicted molar refractivity (Wildman–Crippen MR) is 107 cm³/mol. The quantitative estimate of drug-likeness (QED) is 0.668. The van der Waals surface area contributed by atoms with Crippen LogP contribution in [0.15, 0.2) is 78.9 Å². The molecule has 0 bridgehead atoms. The zero-order chi connectivity index (χ0) is 19.3. The largest absolute Gasteiger partial charge is 0.457 e. The highest BCUT2D eigenvalue weighted by Crippen LogP contribution is 2.25. The summed E-state index contributed by atoms with van der Waals surface area (Å²) in [5, 5.41) is 0. The highest BCUT2D eigenvalue weighted by Gasteiger charge is 2.24. The fraction of sp³-hybridized carbons (Fsp3) is 0.174. The van der Waals surface area contributed by atoms with Gasteiger partial charge in [0, 0.05) is 31.9 Å². The maximum atomic E-state index is 13.9. The van der Waals surface area contributed by atoms with Gasteiger partial charge in [0.05, 0.1) is 5.56 Å². The summed E-state index contributed by atoms with van der Waals surface area (Å²) in [6, 6.07) is 23.7. The Balaban J connectivity index is 1.36. The summed E-state index contributed by atoms with van der Waals surface area (Å²) in [4.78, 5) is 16.5. The Morgan fingerprint density at radius 1 is 0.750 bits per heavy atom. The number of para-hydroxylation sites is 1. The van der Waals surface area contributed by atoms with Gasteiger partial charge in [-0.05, 0) is 48.5 Å². The molecule has 1 heterocycles. The number of rotatable bonds is 4. The van der Waals surface area contributed by atoms with Gasteiger partial charge in [0.15, 0.2) is 0 Å². The number of amides is 1. The zero-order valence-corrected chi connectivity index (χ0v) is 15.4. The second kappa shape index (κ2) is 8.13. The molecule has 1 saturated heterocycles. The van der Waals surface area contributed by atoms with E-state index in [1.807, 2.05) is 54.6 Å². The summed E-state index contributed by atoms with van der Waals surface area (Å²) in [7, 11) is 0. The van der Waals surface area contributed by atoms with Crippen LogP contribution in [0, 0.1) is 5.82 Å². The van der Waals surface area contributed by atoms with E-state index in [-0.39, 0.29) is 11.5 Å². The Bertz CT molecular complexity index is 936. The van der Waals surface area contributed by atoms with E-state index in [0.717, 1.165) is 17.2 Å². The number of piperazine rings is 1. The van der Waals surface area contributed by atoms with Crippen molar-refractivity contribution in [2.45, 2.75) is 0 Å². The third kappa shape index (κ3) is 3.98. The lowest BCUT2D eigenvalue weighted by atomic mass is 10.1. The molecule has 28 heavy (non-hydrogen) atoms. The average molecular weight is 376 g/mol. The van der Waals surface area contributed by atoms with Crippen LogP contribution in [-0.2, 0) is 0 Å². The van der Waals surface area contributed by atoms with Gasteiger partial charge in [-0.3, -0.25) is 4.79 Å². The Labute approximate surface area is 163 Å². The minimum atomic E-state index is -0.469. The van der Waals surface area contributed by atoms with Crippen LogP contribution in [-0.4, -0.2) is 37.0 Å². The molecule has 1 aliphatic rings. The van der Waals surface area contributed by atoms with E-state index < -0.39 is 5.82 Å². The lowest BCUT2D eigenvalue weighted by molar-refractivity contribution is 0.0742. The first-order valence-electron chi connectivity index (χ1n) is 9.32. The monoisotopic (exact) mass is 376 g/mol. The molecule has 3 aromatic rings. The Morgan fingerprint density at radius 2 is 1.36 bits per heavy atom. The van der Waals surface area contributed by atoms with E-state index in [9.17, 15) is 9.18 Å². The molecule has 0 spiro atoms. The van der Waals surface area contributed by atoms with Crippen LogP contribution in [0.1, 0.15) is 10.4 Å². The molecule has 0 N–H and O–H groups in total. The van der Waals surface area contributed by atoms with E-state index in [1.165, 1.54) is 12.1 Å². The number of ether oxygens (including phenoxy) is 1. The minimum Gasteiger partial charge on any atom is -0.457 e. The number of hydrogen-bond acceptors (Lipinski definition) is 3. The van der Waals surface area contributed by atoms with Crippen LogP contribution in [0.3, 0.4) is 0 Å². The number of carbonyl (C=O) groups is 1. The molecule has 0 saturated carbocycles. The third-order valence-electron chi connectivity index (χ3n) is 4.85. The molecule has 0 aliphatic carbocycles. The SMILES string of the molecule is O=C(c1ccccc1F)N1CCN(c2ccc(Oc3ccccc3)cc2)CC1. The molecular formula is C23H21FN2O2.